The number of hydrogen-bond acceptors (Lipinski definition) is 4. The van der Waals surface area contributed by atoms with E-state index in [2.05, 4.69) is 4.74 Å². The second-order valence-corrected chi connectivity index (χ2v) is 4.83. The summed E-state index contributed by atoms with van der Waals surface area (Å²) in [6, 6.07) is -1.33. The van der Waals surface area contributed by atoms with E-state index in [4.69, 9.17) is 0 Å². The first kappa shape index (κ1) is 14.3. The molecule has 0 spiro atoms. The van der Waals surface area contributed by atoms with Crippen molar-refractivity contribution < 1.29 is 32.6 Å². The number of halogens is 3. The number of carbonyl (C=O) groups excluding carboxylic acids is 2. The van der Waals surface area contributed by atoms with Gasteiger partial charge in [-0.25, -0.2) is 0 Å². The van der Waals surface area contributed by atoms with E-state index in [1.807, 2.05) is 0 Å². The van der Waals surface area contributed by atoms with E-state index >= 15 is 0 Å². The van der Waals surface area contributed by atoms with Crippen LogP contribution in [-0.2, 0) is 14.3 Å². The minimum atomic E-state index is -4.50. The van der Waals surface area contributed by atoms with Gasteiger partial charge in [-0.15, -0.1) is 0 Å². The van der Waals surface area contributed by atoms with E-state index in [1.165, 1.54) is 0 Å². The molecule has 0 aromatic rings. The molecule has 108 valence electrons. The zero-order valence-corrected chi connectivity index (χ0v) is 10.0. The lowest BCUT2D eigenvalue weighted by atomic mass is 9.81. The number of hydrogen-bond donors (Lipinski definition) is 1. The lowest BCUT2D eigenvalue weighted by Crippen LogP contribution is -2.58. The van der Waals surface area contributed by atoms with E-state index < -0.39 is 49.3 Å². The SMILES string of the molecule is O=C1COCC(=O)N1C1CC(O)CCC1C(F)(F)F. The first-order valence-electron chi connectivity index (χ1n) is 5.98. The molecule has 0 aromatic heterocycles. The van der Waals surface area contributed by atoms with Gasteiger partial charge < -0.3 is 9.84 Å². The van der Waals surface area contributed by atoms with Crippen molar-refractivity contribution in [1.82, 2.24) is 4.90 Å². The van der Waals surface area contributed by atoms with Crippen LogP contribution in [0.2, 0.25) is 0 Å². The molecular weight excluding hydrogens is 267 g/mol. The van der Waals surface area contributed by atoms with Gasteiger partial charge in [0.05, 0.1) is 18.1 Å². The molecule has 5 nitrogen and oxygen atoms in total. The van der Waals surface area contributed by atoms with Gasteiger partial charge in [0, 0.05) is 0 Å². The molecule has 2 amide bonds. The highest BCUT2D eigenvalue weighted by Crippen LogP contribution is 2.40. The van der Waals surface area contributed by atoms with Crippen molar-refractivity contribution in [3.63, 3.8) is 0 Å². The Bertz CT molecular complexity index is 369. The van der Waals surface area contributed by atoms with Crippen molar-refractivity contribution in [1.29, 1.82) is 0 Å². The standard InChI is InChI=1S/C11H14F3NO4/c12-11(13,14)7-2-1-6(16)3-8(7)15-9(17)4-19-5-10(15)18/h6-8,16H,1-5H2. The van der Waals surface area contributed by atoms with Crippen LogP contribution in [0.1, 0.15) is 19.3 Å². The number of alkyl halides is 3. The molecule has 19 heavy (non-hydrogen) atoms. The smallest absolute Gasteiger partial charge is 0.393 e. The van der Waals surface area contributed by atoms with Crippen LogP contribution in [0.5, 0.6) is 0 Å². The maximum Gasteiger partial charge on any atom is 0.393 e. The number of carbonyl (C=O) groups is 2. The highest BCUT2D eigenvalue weighted by atomic mass is 19.4. The Kier molecular flexibility index (Phi) is 3.82. The van der Waals surface area contributed by atoms with Gasteiger partial charge in [-0.2, -0.15) is 13.2 Å². The van der Waals surface area contributed by atoms with Crippen LogP contribution in [-0.4, -0.2) is 53.4 Å². The molecule has 0 radical (unpaired) electrons. The summed E-state index contributed by atoms with van der Waals surface area (Å²) in [5.41, 5.74) is 0. The number of aliphatic hydroxyl groups is 1. The number of imide groups is 1. The number of amides is 2. The predicted octanol–water partition coefficient (Wildman–Crippen LogP) is 0.464. The normalized spacial score (nSPS) is 33.7. The molecule has 3 atom stereocenters. The van der Waals surface area contributed by atoms with Crippen molar-refractivity contribution in [2.24, 2.45) is 5.92 Å². The number of ether oxygens (including phenoxy) is 1. The summed E-state index contributed by atoms with van der Waals surface area (Å²) >= 11 is 0. The Labute approximate surface area is 107 Å². The third kappa shape index (κ3) is 2.89. The third-order valence-electron chi connectivity index (χ3n) is 3.53. The van der Waals surface area contributed by atoms with E-state index in [9.17, 15) is 27.9 Å². The molecule has 1 saturated heterocycles. The molecule has 1 saturated carbocycles. The number of rotatable bonds is 1. The predicted molar refractivity (Wildman–Crippen MR) is 55.9 cm³/mol. The third-order valence-corrected chi connectivity index (χ3v) is 3.53. The fourth-order valence-electron chi connectivity index (χ4n) is 2.67. The van der Waals surface area contributed by atoms with Gasteiger partial charge in [-0.1, -0.05) is 0 Å². The highest BCUT2D eigenvalue weighted by Gasteiger charge is 2.51. The van der Waals surface area contributed by atoms with Crippen LogP contribution in [0, 0.1) is 5.92 Å². The van der Waals surface area contributed by atoms with Crippen LogP contribution in [0.15, 0.2) is 0 Å². The molecule has 1 N–H and O–H groups in total. The molecule has 1 aliphatic carbocycles. The van der Waals surface area contributed by atoms with Crippen molar-refractivity contribution in [2.45, 2.75) is 37.6 Å². The van der Waals surface area contributed by atoms with E-state index in [0.29, 0.717) is 4.90 Å². The molecule has 0 bridgehead atoms. The molecule has 1 aliphatic heterocycles. The van der Waals surface area contributed by atoms with Crippen LogP contribution < -0.4 is 0 Å². The molecule has 2 aliphatic rings. The van der Waals surface area contributed by atoms with Gasteiger partial charge in [0.1, 0.15) is 13.2 Å². The van der Waals surface area contributed by atoms with Gasteiger partial charge in [0.2, 0.25) is 0 Å². The largest absolute Gasteiger partial charge is 0.393 e. The van der Waals surface area contributed by atoms with E-state index in [1.54, 1.807) is 0 Å². The fraction of sp³-hybridized carbons (Fsp3) is 0.818. The highest BCUT2D eigenvalue weighted by molar-refractivity contribution is 5.98. The summed E-state index contributed by atoms with van der Waals surface area (Å²) in [5, 5.41) is 9.52. The number of morpholine rings is 1. The number of nitrogens with zero attached hydrogens (tertiary/aromatic N) is 1. The second kappa shape index (κ2) is 5.09. The quantitative estimate of drug-likeness (QED) is 0.709. The van der Waals surface area contributed by atoms with Crippen molar-refractivity contribution in [3.05, 3.63) is 0 Å². The molecule has 0 aromatic carbocycles. The van der Waals surface area contributed by atoms with E-state index in [-0.39, 0.29) is 19.3 Å². The Morgan fingerprint density at radius 1 is 1.16 bits per heavy atom. The first-order chi connectivity index (χ1) is 8.80. The topological polar surface area (TPSA) is 66.8 Å². The Balaban J connectivity index is 2.26. The van der Waals surface area contributed by atoms with Gasteiger partial charge in [0.25, 0.3) is 11.8 Å². The molecule has 2 fully saturated rings. The Hall–Kier alpha value is -1.15. The summed E-state index contributed by atoms with van der Waals surface area (Å²) in [5.74, 6) is -3.32. The van der Waals surface area contributed by atoms with Crippen molar-refractivity contribution >= 4 is 11.8 Å². The molecule has 3 unspecified atom stereocenters. The summed E-state index contributed by atoms with van der Waals surface area (Å²) in [7, 11) is 0. The zero-order chi connectivity index (χ0) is 14.2. The lowest BCUT2D eigenvalue weighted by molar-refractivity contribution is -0.209. The summed E-state index contributed by atoms with van der Waals surface area (Å²) < 4.78 is 43.6. The van der Waals surface area contributed by atoms with Crippen LogP contribution in [0.3, 0.4) is 0 Å². The lowest BCUT2D eigenvalue weighted by Gasteiger charge is -2.42. The fourth-order valence-corrected chi connectivity index (χ4v) is 2.67. The monoisotopic (exact) mass is 281 g/mol. The maximum atomic E-state index is 13.0. The zero-order valence-electron chi connectivity index (χ0n) is 10.0. The van der Waals surface area contributed by atoms with Gasteiger partial charge >= 0.3 is 6.18 Å². The van der Waals surface area contributed by atoms with Crippen LogP contribution >= 0.6 is 0 Å². The summed E-state index contributed by atoms with van der Waals surface area (Å²) in [6.45, 7) is -0.800. The Morgan fingerprint density at radius 3 is 2.26 bits per heavy atom. The second-order valence-electron chi connectivity index (χ2n) is 4.83. The minimum absolute atomic E-state index is 0.0212. The van der Waals surface area contributed by atoms with Gasteiger partial charge in [0.15, 0.2) is 0 Å². The molecule has 8 heteroatoms. The maximum absolute atomic E-state index is 13.0. The first-order valence-corrected chi connectivity index (χ1v) is 5.98. The van der Waals surface area contributed by atoms with Gasteiger partial charge in [-0.05, 0) is 19.3 Å². The van der Waals surface area contributed by atoms with E-state index in [0.717, 1.165) is 0 Å². The minimum Gasteiger partial charge on any atom is -0.393 e. The molecule has 1 heterocycles. The van der Waals surface area contributed by atoms with Crippen molar-refractivity contribution in [3.8, 4) is 0 Å². The Morgan fingerprint density at radius 2 is 1.74 bits per heavy atom. The summed E-state index contributed by atoms with van der Waals surface area (Å²) in [4.78, 5) is 23.9. The van der Waals surface area contributed by atoms with Crippen LogP contribution in [0.4, 0.5) is 13.2 Å². The van der Waals surface area contributed by atoms with Gasteiger partial charge in [-0.3, -0.25) is 14.5 Å². The van der Waals surface area contributed by atoms with Crippen molar-refractivity contribution in [2.75, 3.05) is 13.2 Å². The summed E-state index contributed by atoms with van der Waals surface area (Å²) in [6.07, 6.45) is -5.92. The molecular formula is C11H14F3NO4. The average molecular weight is 281 g/mol. The molecule has 2 rings (SSSR count). The van der Waals surface area contributed by atoms with Crippen LogP contribution in [0.25, 0.3) is 0 Å². The number of aliphatic hydroxyl groups excluding tert-OH is 1. The average Bonchev–Trinajstić information content (AvgIpc) is 2.27.